The molecule has 0 aromatic carbocycles. The molecule has 0 aliphatic heterocycles. The van der Waals surface area contributed by atoms with Gasteiger partial charge in [-0.1, -0.05) is 19.9 Å². The van der Waals surface area contributed by atoms with E-state index in [0.717, 1.165) is 0 Å². The van der Waals surface area contributed by atoms with Crippen LogP contribution in [0.5, 0.6) is 0 Å². The monoisotopic (exact) mass is 199 g/mol. The molecule has 0 fully saturated rings. The lowest BCUT2D eigenvalue weighted by Crippen LogP contribution is -2.18. The van der Waals surface area contributed by atoms with Crippen molar-refractivity contribution in [3.05, 3.63) is 12.2 Å². The van der Waals surface area contributed by atoms with E-state index < -0.39 is 5.97 Å². The van der Waals surface area contributed by atoms with Gasteiger partial charge in [-0.3, -0.25) is 9.59 Å². The third kappa shape index (κ3) is 7.49. The van der Waals surface area contributed by atoms with Crippen molar-refractivity contribution in [1.82, 2.24) is 5.32 Å². The molecule has 0 bridgehead atoms. The Hall–Kier alpha value is -1.16. The summed E-state index contributed by atoms with van der Waals surface area (Å²) < 4.78 is 0. The summed E-state index contributed by atoms with van der Waals surface area (Å²) in [4.78, 5) is 21.2. The Kier molecular flexibility index (Phi) is 6.66. The van der Waals surface area contributed by atoms with E-state index in [1.54, 1.807) is 6.08 Å². The lowest BCUT2D eigenvalue weighted by molar-refractivity contribution is -0.136. The SMILES string of the molecule is CC(C)C(=O)/C=C/CNCCC(=O)O. The molecule has 80 valence electrons. The first-order valence-corrected chi connectivity index (χ1v) is 4.67. The van der Waals surface area contributed by atoms with E-state index in [1.165, 1.54) is 6.08 Å². The molecule has 0 saturated carbocycles. The van der Waals surface area contributed by atoms with Gasteiger partial charge < -0.3 is 10.4 Å². The minimum atomic E-state index is -0.820. The van der Waals surface area contributed by atoms with Crippen LogP contribution in [0.15, 0.2) is 12.2 Å². The van der Waals surface area contributed by atoms with Gasteiger partial charge in [0.2, 0.25) is 0 Å². The van der Waals surface area contributed by atoms with Gasteiger partial charge in [-0.2, -0.15) is 0 Å². The highest BCUT2D eigenvalue weighted by molar-refractivity contribution is 5.91. The molecule has 2 N–H and O–H groups in total. The molecular weight excluding hydrogens is 182 g/mol. The Balaban J connectivity index is 3.45. The molecule has 14 heavy (non-hydrogen) atoms. The molecule has 4 nitrogen and oxygen atoms in total. The van der Waals surface area contributed by atoms with Crippen LogP contribution < -0.4 is 5.32 Å². The van der Waals surface area contributed by atoms with Gasteiger partial charge >= 0.3 is 5.97 Å². The number of carboxylic acids is 1. The average molecular weight is 199 g/mol. The lowest BCUT2D eigenvalue weighted by Gasteiger charge is -1.98. The molecular formula is C10H17NO3. The van der Waals surface area contributed by atoms with Crippen LogP contribution in [0.25, 0.3) is 0 Å². The van der Waals surface area contributed by atoms with Crippen molar-refractivity contribution >= 4 is 11.8 Å². The lowest BCUT2D eigenvalue weighted by atomic mass is 10.1. The van der Waals surface area contributed by atoms with Crippen molar-refractivity contribution in [2.45, 2.75) is 20.3 Å². The van der Waals surface area contributed by atoms with E-state index >= 15 is 0 Å². The van der Waals surface area contributed by atoms with Crippen molar-refractivity contribution in [2.75, 3.05) is 13.1 Å². The maximum absolute atomic E-state index is 11.1. The van der Waals surface area contributed by atoms with Gasteiger partial charge in [0, 0.05) is 19.0 Å². The number of hydrogen-bond donors (Lipinski definition) is 2. The van der Waals surface area contributed by atoms with E-state index in [9.17, 15) is 9.59 Å². The number of carboxylic acid groups (broad SMARTS) is 1. The maximum Gasteiger partial charge on any atom is 0.304 e. The van der Waals surface area contributed by atoms with Gasteiger partial charge in [0.15, 0.2) is 5.78 Å². The molecule has 0 saturated heterocycles. The largest absolute Gasteiger partial charge is 0.481 e. The van der Waals surface area contributed by atoms with Crippen molar-refractivity contribution in [2.24, 2.45) is 5.92 Å². The van der Waals surface area contributed by atoms with Crippen molar-refractivity contribution < 1.29 is 14.7 Å². The molecule has 0 atom stereocenters. The summed E-state index contributed by atoms with van der Waals surface area (Å²) in [5, 5.41) is 11.2. The van der Waals surface area contributed by atoms with Crippen LogP contribution in [-0.2, 0) is 9.59 Å². The molecule has 0 aromatic rings. The summed E-state index contributed by atoms with van der Waals surface area (Å²) in [6, 6.07) is 0. The second-order valence-corrected chi connectivity index (χ2v) is 3.31. The summed E-state index contributed by atoms with van der Waals surface area (Å²) in [6.07, 6.45) is 3.34. The van der Waals surface area contributed by atoms with Crippen molar-refractivity contribution in [3.63, 3.8) is 0 Å². The minimum Gasteiger partial charge on any atom is -0.481 e. The van der Waals surface area contributed by atoms with Gasteiger partial charge in [0.05, 0.1) is 6.42 Å². The number of hydrogen-bond acceptors (Lipinski definition) is 3. The van der Waals surface area contributed by atoms with Gasteiger partial charge in [0.1, 0.15) is 0 Å². The smallest absolute Gasteiger partial charge is 0.304 e. The molecule has 0 aliphatic carbocycles. The molecule has 0 radical (unpaired) electrons. The van der Waals surface area contributed by atoms with Crippen LogP contribution in [-0.4, -0.2) is 29.9 Å². The first-order valence-electron chi connectivity index (χ1n) is 4.67. The highest BCUT2D eigenvalue weighted by Gasteiger charge is 2.00. The highest BCUT2D eigenvalue weighted by atomic mass is 16.4. The van der Waals surface area contributed by atoms with E-state index in [-0.39, 0.29) is 18.1 Å². The number of ketones is 1. The van der Waals surface area contributed by atoms with E-state index in [0.29, 0.717) is 13.1 Å². The standard InChI is InChI=1S/C10H17NO3/c1-8(2)9(12)4-3-6-11-7-5-10(13)14/h3-4,8,11H,5-7H2,1-2H3,(H,13,14)/b4-3+. The van der Waals surface area contributed by atoms with Crippen LogP contribution in [0.2, 0.25) is 0 Å². The third-order valence-electron chi connectivity index (χ3n) is 1.63. The number of allylic oxidation sites excluding steroid dienone is 1. The third-order valence-corrected chi connectivity index (χ3v) is 1.63. The Morgan fingerprint density at radius 3 is 2.57 bits per heavy atom. The zero-order valence-electron chi connectivity index (χ0n) is 8.62. The first-order chi connectivity index (χ1) is 6.54. The Bertz CT molecular complexity index is 221. The molecule has 0 heterocycles. The zero-order chi connectivity index (χ0) is 11.0. The fourth-order valence-corrected chi connectivity index (χ4v) is 0.748. The number of carbonyl (C=O) groups is 2. The topological polar surface area (TPSA) is 66.4 Å². The van der Waals surface area contributed by atoms with Crippen LogP contribution in [0.1, 0.15) is 20.3 Å². The van der Waals surface area contributed by atoms with Crippen LogP contribution in [0.3, 0.4) is 0 Å². The van der Waals surface area contributed by atoms with Crippen molar-refractivity contribution in [1.29, 1.82) is 0 Å². The van der Waals surface area contributed by atoms with Gasteiger partial charge in [-0.25, -0.2) is 0 Å². The van der Waals surface area contributed by atoms with Crippen molar-refractivity contribution in [3.8, 4) is 0 Å². The summed E-state index contributed by atoms with van der Waals surface area (Å²) >= 11 is 0. The molecule has 4 heteroatoms. The molecule has 0 amide bonds. The second kappa shape index (κ2) is 7.26. The van der Waals surface area contributed by atoms with Gasteiger partial charge in [-0.15, -0.1) is 0 Å². The fraction of sp³-hybridized carbons (Fsp3) is 0.600. The predicted octanol–water partition coefficient (Wildman–Crippen LogP) is 0.832. The minimum absolute atomic E-state index is 0.0188. The fourth-order valence-electron chi connectivity index (χ4n) is 0.748. The normalized spacial score (nSPS) is 11.1. The van der Waals surface area contributed by atoms with Crippen LogP contribution >= 0.6 is 0 Å². The maximum atomic E-state index is 11.1. The quantitative estimate of drug-likeness (QED) is 0.471. The number of rotatable bonds is 7. The van der Waals surface area contributed by atoms with E-state index in [2.05, 4.69) is 5.32 Å². The molecule has 0 aliphatic rings. The zero-order valence-corrected chi connectivity index (χ0v) is 8.62. The Labute approximate surface area is 84.0 Å². The number of carbonyl (C=O) groups excluding carboxylic acids is 1. The molecule has 0 unspecified atom stereocenters. The molecule has 0 rings (SSSR count). The highest BCUT2D eigenvalue weighted by Crippen LogP contribution is 1.94. The molecule has 0 aromatic heterocycles. The predicted molar refractivity (Wildman–Crippen MR) is 54.1 cm³/mol. The van der Waals surface area contributed by atoms with Gasteiger partial charge in [-0.05, 0) is 6.08 Å². The molecule has 0 spiro atoms. The van der Waals surface area contributed by atoms with Gasteiger partial charge in [0.25, 0.3) is 0 Å². The Morgan fingerprint density at radius 2 is 2.07 bits per heavy atom. The average Bonchev–Trinajstić information content (AvgIpc) is 2.09. The van der Waals surface area contributed by atoms with Crippen LogP contribution in [0.4, 0.5) is 0 Å². The summed E-state index contributed by atoms with van der Waals surface area (Å²) in [6.45, 7) is 4.64. The summed E-state index contributed by atoms with van der Waals surface area (Å²) in [5.41, 5.74) is 0. The summed E-state index contributed by atoms with van der Waals surface area (Å²) in [5.74, 6) is -0.713. The number of aliphatic carboxylic acids is 1. The Morgan fingerprint density at radius 1 is 1.43 bits per heavy atom. The van der Waals surface area contributed by atoms with E-state index in [1.807, 2.05) is 13.8 Å². The summed E-state index contributed by atoms with van der Waals surface area (Å²) in [7, 11) is 0. The second-order valence-electron chi connectivity index (χ2n) is 3.31. The first kappa shape index (κ1) is 12.8. The van der Waals surface area contributed by atoms with Crippen LogP contribution in [0, 0.1) is 5.92 Å². The number of nitrogens with one attached hydrogen (secondary N) is 1. The van der Waals surface area contributed by atoms with E-state index in [4.69, 9.17) is 5.11 Å².